The topological polar surface area (TPSA) is 92.4 Å². The zero-order chi connectivity index (χ0) is 13.1. The van der Waals surface area contributed by atoms with E-state index in [2.05, 4.69) is 10.3 Å². The van der Waals surface area contributed by atoms with Crippen LogP contribution in [0.15, 0.2) is 10.8 Å². The van der Waals surface area contributed by atoms with Gasteiger partial charge in [-0.1, -0.05) is 0 Å². The molecule has 1 aliphatic carbocycles. The van der Waals surface area contributed by atoms with Gasteiger partial charge in [0.15, 0.2) is 6.39 Å². The Kier molecular flexibility index (Phi) is 3.64. The maximum absolute atomic E-state index is 11.8. The van der Waals surface area contributed by atoms with Gasteiger partial charge in [-0.15, -0.1) is 0 Å². The molecule has 0 spiro atoms. The lowest BCUT2D eigenvalue weighted by Crippen LogP contribution is -2.38. The molecular weight excluding hydrogens is 236 g/mol. The molecular formula is C12H16N2O4. The van der Waals surface area contributed by atoms with E-state index in [0.29, 0.717) is 31.4 Å². The second-order valence-corrected chi connectivity index (χ2v) is 4.63. The predicted octanol–water partition coefficient (Wildman–Crippen LogP) is 1.36. The van der Waals surface area contributed by atoms with Gasteiger partial charge in [-0.25, -0.2) is 4.98 Å². The van der Waals surface area contributed by atoms with Crippen LogP contribution in [0.2, 0.25) is 0 Å². The Morgan fingerprint density at radius 2 is 2.06 bits per heavy atom. The molecule has 6 nitrogen and oxygen atoms in total. The first-order valence-corrected chi connectivity index (χ1v) is 6.01. The maximum Gasteiger partial charge on any atom is 0.306 e. The van der Waals surface area contributed by atoms with Gasteiger partial charge >= 0.3 is 5.97 Å². The predicted molar refractivity (Wildman–Crippen MR) is 62.1 cm³/mol. The standard InChI is InChI=1S/C12H16N2O4/c1-7-10(18-6-13-7)11(15)14-9-4-2-8(3-5-9)12(16)17/h6,8-9H,2-5H2,1H3,(H,14,15)(H,16,17). The minimum atomic E-state index is -0.745. The van der Waals surface area contributed by atoms with E-state index in [1.165, 1.54) is 6.39 Å². The summed E-state index contributed by atoms with van der Waals surface area (Å²) in [6.45, 7) is 1.71. The van der Waals surface area contributed by atoms with E-state index in [1.807, 2.05) is 0 Å². The Hall–Kier alpha value is -1.85. The normalized spacial score (nSPS) is 23.6. The van der Waals surface area contributed by atoms with Crippen LogP contribution in [-0.4, -0.2) is 28.0 Å². The number of carbonyl (C=O) groups excluding carboxylic acids is 1. The van der Waals surface area contributed by atoms with Gasteiger partial charge in [-0.2, -0.15) is 0 Å². The van der Waals surface area contributed by atoms with E-state index < -0.39 is 5.97 Å². The number of rotatable bonds is 3. The summed E-state index contributed by atoms with van der Waals surface area (Å²) in [5.41, 5.74) is 0.562. The summed E-state index contributed by atoms with van der Waals surface area (Å²) in [4.78, 5) is 26.5. The Morgan fingerprint density at radius 3 is 2.56 bits per heavy atom. The summed E-state index contributed by atoms with van der Waals surface area (Å²) >= 11 is 0. The van der Waals surface area contributed by atoms with E-state index in [1.54, 1.807) is 6.92 Å². The first-order chi connectivity index (χ1) is 8.58. The third-order valence-electron chi connectivity index (χ3n) is 3.36. The molecule has 0 unspecified atom stereocenters. The van der Waals surface area contributed by atoms with Gasteiger partial charge in [-0.05, 0) is 32.6 Å². The van der Waals surface area contributed by atoms with Crippen molar-refractivity contribution in [2.45, 2.75) is 38.6 Å². The maximum atomic E-state index is 11.8. The van der Waals surface area contributed by atoms with Crippen LogP contribution in [-0.2, 0) is 4.79 Å². The first-order valence-electron chi connectivity index (χ1n) is 6.01. The number of aliphatic carboxylic acids is 1. The molecule has 2 rings (SSSR count). The number of oxazole rings is 1. The molecule has 6 heteroatoms. The van der Waals surface area contributed by atoms with Crippen molar-refractivity contribution in [2.75, 3.05) is 0 Å². The van der Waals surface area contributed by atoms with Gasteiger partial charge in [0, 0.05) is 6.04 Å². The number of aryl methyl sites for hydroxylation is 1. The van der Waals surface area contributed by atoms with Gasteiger partial charge in [0.25, 0.3) is 5.91 Å². The lowest BCUT2D eigenvalue weighted by Gasteiger charge is -2.26. The number of hydrogen-bond acceptors (Lipinski definition) is 4. The molecule has 18 heavy (non-hydrogen) atoms. The largest absolute Gasteiger partial charge is 0.481 e. The number of nitrogens with zero attached hydrogens (tertiary/aromatic N) is 1. The molecule has 1 heterocycles. The second kappa shape index (κ2) is 5.20. The summed E-state index contributed by atoms with van der Waals surface area (Å²) in [6.07, 6.45) is 3.84. The van der Waals surface area contributed by atoms with E-state index in [-0.39, 0.29) is 23.6 Å². The summed E-state index contributed by atoms with van der Waals surface area (Å²) < 4.78 is 5.01. The fourth-order valence-corrected chi connectivity index (χ4v) is 2.26. The van der Waals surface area contributed by atoms with Crippen LogP contribution in [0.5, 0.6) is 0 Å². The van der Waals surface area contributed by atoms with Gasteiger partial charge in [0.2, 0.25) is 5.76 Å². The van der Waals surface area contributed by atoms with Crippen molar-refractivity contribution in [3.8, 4) is 0 Å². The van der Waals surface area contributed by atoms with Gasteiger partial charge in [0.1, 0.15) is 0 Å². The van der Waals surface area contributed by atoms with Crippen molar-refractivity contribution >= 4 is 11.9 Å². The Bertz CT molecular complexity index is 447. The molecule has 0 bridgehead atoms. The second-order valence-electron chi connectivity index (χ2n) is 4.63. The number of hydrogen-bond donors (Lipinski definition) is 2. The van der Waals surface area contributed by atoms with Crippen LogP contribution < -0.4 is 5.32 Å². The summed E-state index contributed by atoms with van der Waals surface area (Å²) in [5.74, 6) is -1.06. The highest BCUT2D eigenvalue weighted by molar-refractivity contribution is 5.92. The summed E-state index contributed by atoms with van der Waals surface area (Å²) in [5, 5.41) is 11.7. The molecule has 0 aliphatic heterocycles. The highest BCUT2D eigenvalue weighted by Crippen LogP contribution is 2.24. The van der Waals surface area contributed by atoms with Crippen LogP contribution in [0, 0.1) is 12.8 Å². The SMILES string of the molecule is Cc1ncoc1C(=O)NC1CCC(C(=O)O)CC1. The smallest absolute Gasteiger partial charge is 0.306 e. The number of nitrogens with one attached hydrogen (secondary N) is 1. The molecule has 1 saturated carbocycles. The summed E-state index contributed by atoms with van der Waals surface area (Å²) in [7, 11) is 0. The molecule has 1 aliphatic rings. The van der Waals surface area contributed by atoms with Crippen molar-refractivity contribution < 1.29 is 19.1 Å². The lowest BCUT2D eigenvalue weighted by atomic mass is 9.86. The van der Waals surface area contributed by atoms with Crippen molar-refractivity contribution in [1.82, 2.24) is 10.3 Å². The highest BCUT2D eigenvalue weighted by atomic mass is 16.4. The molecule has 1 amide bonds. The van der Waals surface area contributed by atoms with Gasteiger partial charge in [0.05, 0.1) is 11.6 Å². The Morgan fingerprint density at radius 1 is 1.39 bits per heavy atom. The molecule has 0 saturated heterocycles. The molecule has 1 aromatic heterocycles. The number of amides is 1. The van der Waals surface area contributed by atoms with Crippen LogP contribution in [0.4, 0.5) is 0 Å². The third-order valence-corrected chi connectivity index (χ3v) is 3.36. The number of carboxylic acid groups (broad SMARTS) is 1. The Labute approximate surface area is 104 Å². The van der Waals surface area contributed by atoms with E-state index in [9.17, 15) is 9.59 Å². The Balaban J connectivity index is 1.87. The number of aromatic nitrogens is 1. The fourth-order valence-electron chi connectivity index (χ4n) is 2.26. The van der Waals surface area contributed by atoms with E-state index in [0.717, 1.165) is 0 Å². The lowest BCUT2D eigenvalue weighted by molar-refractivity contribution is -0.142. The van der Waals surface area contributed by atoms with Crippen LogP contribution >= 0.6 is 0 Å². The van der Waals surface area contributed by atoms with Crippen LogP contribution in [0.3, 0.4) is 0 Å². The highest BCUT2D eigenvalue weighted by Gasteiger charge is 2.27. The monoisotopic (exact) mass is 252 g/mol. The fraction of sp³-hybridized carbons (Fsp3) is 0.583. The molecule has 1 fully saturated rings. The van der Waals surface area contributed by atoms with Crippen molar-refractivity contribution in [3.63, 3.8) is 0 Å². The summed E-state index contributed by atoms with van der Waals surface area (Å²) in [6, 6.07) is 0.0256. The quantitative estimate of drug-likeness (QED) is 0.847. The zero-order valence-corrected chi connectivity index (χ0v) is 10.2. The molecule has 0 atom stereocenters. The minimum Gasteiger partial charge on any atom is -0.481 e. The van der Waals surface area contributed by atoms with Crippen LogP contribution in [0.1, 0.15) is 41.9 Å². The first kappa shape index (κ1) is 12.6. The van der Waals surface area contributed by atoms with Crippen molar-refractivity contribution in [3.05, 3.63) is 17.8 Å². The molecule has 0 aromatic carbocycles. The molecule has 2 N–H and O–H groups in total. The molecule has 0 radical (unpaired) electrons. The average Bonchev–Trinajstić information content (AvgIpc) is 2.76. The zero-order valence-electron chi connectivity index (χ0n) is 10.2. The van der Waals surface area contributed by atoms with E-state index >= 15 is 0 Å². The van der Waals surface area contributed by atoms with E-state index in [4.69, 9.17) is 9.52 Å². The number of carbonyl (C=O) groups is 2. The third kappa shape index (κ3) is 2.69. The minimum absolute atomic E-state index is 0.0256. The van der Waals surface area contributed by atoms with Crippen molar-refractivity contribution in [1.29, 1.82) is 0 Å². The average molecular weight is 252 g/mol. The van der Waals surface area contributed by atoms with Gasteiger partial charge < -0.3 is 14.8 Å². The van der Waals surface area contributed by atoms with Gasteiger partial charge in [-0.3, -0.25) is 9.59 Å². The number of carboxylic acids is 1. The van der Waals surface area contributed by atoms with Crippen molar-refractivity contribution in [2.24, 2.45) is 5.92 Å². The molecule has 1 aromatic rings. The molecule has 98 valence electrons. The van der Waals surface area contributed by atoms with Crippen LogP contribution in [0.25, 0.3) is 0 Å².